The van der Waals surface area contributed by atoms with Gasteiger partial charge in [-0.2, -0.15) is 0 Å². The third-order valence-electron chi connectivity index (χ3n) is 5.55. The van der Waals surface area contributed by atoms with E-state index in [9.17, 15) is 4.79 Å². The molecule has 0 saturated carbocycles. The first-order valence-corrected chi connectivity index (χ1v) is 10.4. The molecule has 0 bridgehead atoms. The summed E-state index contributed by atoms with van der Waals surface area (Å²) in [7, 11) is 2.09. The molecular weight excluding hydrogens is 368 g/mol. The number of hydrogen-bond acceptors (Lipinski definition) is 4. The first kappa shape index (κ1) is 17.4. The van der Waals surface area contributed by atoms with E-state index < -0.39 is 0 Å². The van der Waals surface area contributed by atoms with Crippen molar-refractivity contribution in [1.82, 2.24) is 19.4 Å². The number of likely N-dealkylation sites (tertiary alicyclic amines) is 1. The topological polar surface area (TPSA) is 53.9 Å². The second-order valence-electron chi connectivity index (χ2n) is 7.38. The summed E-state index contributed by atoms with van der Waals surface area (Å²) < 4.78 is 2.19. The molecule has 28 heavy (non-hydrogen) atoms. The Hall–Kier alpha value is -2.70. The Morgan fingerprint density at radius 2 is 2.07 bits per heavy atom. The number of benzene rings is 1. The van der Waals surface area contributed by atoms with Crippen molar-refractivity contribution < 1.29 is 0 Å². The molecule has 1 aliphatic heterocycles. The van der Waals surface area contributed by atoms with Crippen molar-refractivity contribution in [3.05, 3.63) is 76.6 Å². The number of aromatic amines is 1. The summed E-state index contributed by atoms with van der Waals surface area (Å²) in [4.78, 5) is 24.8. The fraction of sp³-hybridized carbons (Fsp3) is 0.273. The molecule has 4 heterocycles. The molecule has 1 aliphatic rings. The molecule has 1 N–H and O–H groups in total. The average molecular weight is 391 g/mol. The van der Waals surface area contributed by atoms with Crippen LogP contribution in [0.15, 0.2) is 59.5 Å². The number of nitrogens with one attached hydrogen (secondary N) is 1. The summed E-state index contributed by atoms with van der Waals surface area (Å²) in [6.07, 6.45) is 4.40. The lowest BCUT2D eigenvalue weighted by Gasteiger charge is -2.24. The minimum Gasteiger partial charge on any atom is -0.353 e. The van der Waals surface area contributed by atoms with Crippen molar-refractivity contribution in [2.45, 2.75) is 25.4 Å². The van der Waals surface area contributed by atoms with Gasteiger partial charge in [0.2, 0.25) is 0 Å². The first-order chi connectivity index (χ1) is 13.7. The monoisotopic (exact) mass is 390 g/mol. The highest BCUT2D eigenvalue weighted by atomic mass is 32.1. The smallest absolute Gasteiger partial charge is 0.259 e. The summed E-state index contributed by atoms with van der Waals surface area (Å²) in [6.45, 7) is 1.69. The van der Waals surface area contributed by atoms with Crippen molar-refractivity contribution in [2.75, 3.05) is 6.54 Å². The van der Waals surface area contributed by atoms with Gasteiger partial charge in [0.05, 0.1) is 18.0 Å². The van der Waals surface area contributed by atoms with Gasteiger partial charge < -0.3 is 9.55 Å². The van der Waals surface area contributed by atoms with Crippen molar-refractivity contribution in [3.8, 4) is 10.4 Å². The van der Waals surface area contributed by atoms with Crippen LogP contribution >= 0.6 is 11.3 Å². The minimum atomic E-state index is -0.0481. The molecule has 0 amide bonds. The number of aromatic nitrogens is 3. The number of hydrogen-bond donors (Lipinski definition) is 1. The van der Waals surface area contributed by atoms with Crippen LogP contribution in [0.1, 0.15) is 30.4 Å². The Balaban J connectivity index is 1.46. The SMILES string of the molecule is Cn1cccc1[C@H]1CCCN1Cc1nc2sc(-c3ccccc3)cc2c(=O)[nH]1. The van der Waals surface area contributed by atoms with E-state index in [-0.39, 0.29) is 5.56 Å². The van der Waals surface area contributed by atoms with Crippen molar-refractivity contribution in [2.24, 2.45) is 7.05 Å². The number of rotatable bonds is 4. The van der Waals surface area contributed by atoms with Crippen LogP contribution in [0, 0.1) is 0 Å². The maximum Gasteiger partial charge on any atom is 0.259 e. The molecule has 4 aromatic rings. The van der Waals surface area contributed by atoms with Crippen LogP contribution in [0.25, 0.3) is 20.7 Å². The van der Waals surface area contributed by atoms with E-state index in [1.807, 2.05) is 24.3 Å². The van der Waals surface area contributed by atoms with Crippen LogP contribution < -0.4 is 5.56 Å². The number of thiophene rings is 1. The highest BCUT2D eigenvalue weighted by molar-refractivity contribution is 7.21. The number of H-pyrrole nitrogens is 1. The summed E-state index contributed by atoms with van der Waals surface area (Å²) in [6, 6.07) is 16.8. The van der Waals surface area contributed by atoms with Gasteiger partial charge in [0.15, 0.2) is 0 Å². The molecule has 0 spiro atoms. The van der Waals surface area contributed by atoms with Gasteiger partial charge in [-0.25, -0.2) is 4.98 Å². The third-order valence-corrected chi connectivity index (χ3v) is 6.63. The Labute approximate surface area is 167 Å². The normalized spacial score (nSPS) is 17.5. The molecule has 0 aliphatic carbocycles. The zero-order chi connectivity index (χ0) is 19.1. The second-order valence-corrected chi connectivity index (χ2v) is 8.41. The van der Waals surface area contributed by atoms with Crippen LogP contribution in [0.3, 0.4) is 0 Å². The lowest BCUT2D eigenvalue weighted by atomic mass is 10.1. The van der Waals surface area contributed by atoms with Crippen LogP contribution in [0.4, 0.5) is 0 Å². The maximum absolute atomic E-state index is 12.7. The lowest BCUT2D eigenvalue weighted by Crippen LogP contribution is -2.26. The number of nitrogens with zero attached hydrogens (tertiary/aromatic N) is 3. The molecule has 3 aromatic heterocycles. The molecule has 5 nitrogen and oxygen atoms in total. The molecule has 0 unspecified atom stereocenters. The predicted octanol–water partition coefficient (Wildman–Crippen LogP) is 4.33. The highest BCUT2D eigenvalue weighted by Gasteiger charge is 2.28. The van der Waals surface area contributed by atoms with Crippen molar-refractivity contribution >= 4 is 21.6 Å². The van der Waals surface area contributed by atoms with E-state index in [1.54, 1.807) is 11.3 Å². The first-order valence-electron chi connectivity index (χ1n) is 9.62. The standard InChI is InChI=1S/C22H22N4OS/c1-25-11-5-9-17(25)18-10-6-12-26(18)14-20-23-21(27)16-13-19(28-22(16)24-20)15-7-3-2-4-8-15/h2-5,7-9,11,13,18H,6,10,12,14H2,1H3,(H,23,24,27)/t18-/m1/s1. The number of fused-ring (bicyclic) bond motifs is 1. The molecule has 1 fully saturated rings. The van der Waals surface area contributed by atoms with Gasteiger partial charge >= 0.3 is 0 Å². The molecular formula is C22H22N4OS. The van der Waals surface area contributed by atoms with Crippen LogP contribution in [-0.4, -0.2) is 26.0 Å². The molecule has 1 aromatic carbocycles. The Kier molecular flexibility index (Phi) is 4.37. The van der Waals surface area contributed by atoms with Crippen LogP contribution in [0.5, 0.6) is 0 Å². The maximum atomic E-state index is 12.7. The molecule has 6 heteroatoms. The summed E-state index contributed by atoms with van der Waals surface area (Å²) in [5.41, 5.74) is 2.39. The molecule has 0 radical (unpaired) electrons. The van der Waals surface area contributed by atoms with E-state index in [1.165, 1.54) is 12.1 Å². The number of aryl methyl sites for hydroxylation is 1. The largest absolute Gasteiger partial charge is 0.353 e. The van der Waals surface area contributed by atoms with E-state index in [2.05, 4.69) is 52.0 Å². The van der Waals surface area contributed by atoms with Gasteiger partial charge in [-0.15, -0.1) is 11.3 Å². The van der Waals surface area contributed by atoms with Gasteiger partial charge in [-0.1, -0.05) is 30.3 Å². The van der Waals surface area contributed by atoms with Gasteiger partial charge in [0, 0.05) is 23.8 Å². The Bertz CT molecular complexity index is 1170. The summed E-state index contributed by atoms with van der Waals surface area (Å²) in [5, 5.41) is 0.674. The van der Waals surface area contributed by atoms with Gasteiger partial charge in [0.1, 0.15) is 10.7 Å². The van der Waals surface area contributed by atoms with Crippen LogP contribution in [0.2, 0.25) is 0 Å². The quantitative estimate of drug-likeness (QED) is 0.564. The Morgan fingerprint density at radius 1 is 1.21 bits per heavy atom. The van der Waals surface area contributed by atoms with Gasteiger partial charge in [0.25, 0.3) is 5.56 Å². The molecule has 5 rings (SSSR count). The van der Waals surface area contributed by atoms with Crippen molar-refractivity contribution in [3.63, 3.8) is 0 Å². The molecule has 142 valence electrons. The summed E-state index contributed by atoms with van der Waals surface area (Å²) >= 11 is 1.58. The van der Waals surface area contributed by atoms with Gasteiger partial charge in [-0.3, -0.25) is 9.69 Å². The molecule has 1 atom stereocenters. The molecule has 1 saturated heterocycles. The lowest BCUT2D eigenvalue weighted by molar-refractivity contribution is 0.235. The van der Waals surface area contributed by atoms with E-state index in [4.69, 9.17) is 4.98 Å². The minimum absolute atomic E-state index is 0.0481. The third kappa shape index (κ3) is 3.08. The zero-order valence-electron chi connectivity index (χ0n) is 15.8. The van der Waals surface area contributed by atoms with E-state index in [0.29, 0.717) is 18.0 Å². The fourth-order valence-corrected chi connectivity index (χ4v) is 5.22. The van der Waals surface area contributed by atoms with E-state index in [0.717, 1.165) is 34.1 Å². The highest BCUT2D eigenvalue weighted by Crippen LogP contribution is 2.34. The van der Waals surface area contributed by atoms with E-state index >= 15 is 0 Å². The second kappa shape index (κ2) is 7.04. The Morgan fingerprint density at radius 3 is 2.86 bits per heavy atom. The van der Waals surface area contributed by atoms with Crippen molar-refractivity contribution in [1.29, 1.82) is 0 Å². The summed E-state index contributed by atoms with van der Waals surface area (Å²) in [5.74, 6) is 0.750. The average Bonchev–Trinajstić information content (AvgIpc) is 3.42. The van der Waals surface area contributed by atoms with Crippen LogP contribution in [-0.2, 0) is 13.6 Å². The zero-order valence-corrected chi connectivity index (χ0v) is 16.6. The fourth-order valence-electron chi connectivity index (χ4n) is 4.16. The van der Waals surface area contributed by atoms with Gasteiger partial charge in [-0.05, 0) is 43.1 Å². The predicted molar refractivity (Wildman–Crippen MR) is 113 cm³/mol.